The standard InChI is InChI=1S/C11H18N2O2S2/c1-9-3-4-11(16-9)17(14,15)12-7-10-5-6-13(2)8-10/h3-4,10,12H,5-8H2,1-2H3. The fraction of sp³-hybridized carbons (Fsp3) is 0.636. The van der Waals surface area contributed by atoms with E-state index in [1.54, 1.807) is 6.07 Å². The Labute approximate surface area is 107 Å². The third-order valence-electron chi connectivity index (χ3n) is 3.03. The van der Waals surface area contributed by atoms with Crippen molar-refractivity contribution in [3.8, 4) is 0 Å². The van der Waals surface area contributed by atoms with Crippen molar-refractivity contribution >= 4 is 21.4 Å². The monoisotopic (exact) mass is 274 g/mol. The summed E-state index contributed by atoms with van der Waals surface area (Å²) in [7, 11) is -1.23. The second-order valence-corrected chi connectivity index (χ2v) is 7.92. The van der Waals surface area contributed by atoms with Gasteiger partial charge in [-0.15, -0.1) is 11.3 Å². The van der Waals surface area contributed by atoms with Gasteiger partial charge in [0.1, 0.15) is 4.21 Å². The normalized spacial score (nSPS) is 22.1. The second kappa shape index (κ2) is 5.06. The summed E-state index contributed by atoms with van der Waals surface area (Å²) in [6.07, 6.45) is 1.07. The van der Waals surface area contributed by atoms with Crippen molar-refractivity contribution in [2.45, 2.75) is 17.6 Å². The van der Waals surface area contributed by atoms with Gasteiger partial charge < -0.3 is 4.90 Å². The summed E-state index contributed by atoms with van der Waals surface area (Å²) in [5.74, 6) is 0.441. The maximum absolute atomic E-state index is 12.0. The van der Waals surface area contributed by atoms with Crippen LogP contribution in [0.2, 0.25) is 0 Å². The van der Waals surface area contributed by atoms with Gasteiger partial charge in [-0.1, -0.05) is 0 Å². The topological polar surface area (TPSA) is 49.4 Å². The van der Waals surface area contributed by atoms with Gasteiger partial charge >= 0.3 is 0 Å². The molecule has 1 N–H and O–H groups in total. The number of hydrogen-bond donors (Lipinski definition) is 1. The fourth-order valence-electron chi connectivity index (χ4n) is 2.05. The first-order valence-electron chi connectivity index (χ1n) is 5.72. The second-order valence-electron chi connectivity index (χ2n) is 4.63. The highest BCUT2D eigenvalue weighted by atomic mass is 32.2. The van der Waals surface area contributed by atoms with E-state index in [0.29, 0.717) is 16.7 Å². The van der Waals surface area contributed by atoms with Crippen LogP contribution < -0.4 is 4.72 Å². The van der Waals surface area contributed by atoms with Gasteiger partial charge in [-0.2, -0.15) is 0 Å². The number of rotatable bonds is 4. The molecule has 2 rings (SSSR count). The average Bonchev–Trinajstić information content (AvgIpc) is 2.85. The Morgan fingerprint density at radius 1 is 1.53 bits per heavy atom. The molecule has 6 heteroatoms. The van der Waals surface area contributed by atoms with Crippen molar-refractivity contribution in [1.82, 2.24) is 9.62 Å². The lowest BCUT2D eigenvalue weighted by Crippen LogP contribution is -2.30. The third kappa shape index (κ3) is 3.28. The Kier molecular flexibility index (Phi) is 3.87. The lowest BCUT2D eigenvalue weighted by atomic mass is 10.1. The fourth-order valence-corrected chi connectivity index (χ4v) is 4.49. The minimum atomic E-state index is -3.29. The molecule has 96 valence electrons. The largest absolute Gasteiger partial charge is 0.306 e. The van der Waals surface area contributed by atoms with Gasteiger partial charge in [0.2, 0.25) is 10.0 Å². The van der Waals surface area contributed by atoms with Crippen LogP contribution in [0, 0.1) is 12.8 Å². The van der Waals surface area contributed by atoms with Gasteiger partial charge in [0.05, 0.1) is 0 Å². The molecule has 1 aromatic rings. The first-order valence-corrected chi connectivity index (χ1v) is 8.02. The number of nitrogens with one attached hydrogen (secondary N) is 1. The van der Waals surface area contributed by atoms with Gasteiger partial charge in [-0.3, -0.25) is 0 Å². The van der Waals surface area contributed by atoms with E-state index in [2.05, 4.69) is 16.7 Å². The van der Waals surface area contributed by atoms with Crippen LogP contribution in [0.4, 0.5) is 0 Å². The molecule has 1 fully saturated rings. The van der Waals surface area contributed by atoms with Gasteiger partial charge in [-0.05, 0) is 45.0 Å². The summed E-state index contributed by atoms with van der Waals surface area (Å²) in [4.78, 5) is 3.25. The Morgan fingerprint density at radius 3 is 2.82 bits per heavy atom. The molecule has 1 atom stereocenters. The van der Waals surface area contributed by atoms with Crippen molar-refractivity contribution < 1.29 is 8.42 Å². The van der Waals surface area contributed by atoms with Crippen LogP contribution in [-0.4, -0.2) is 40.0 Å². The first-order chi connectivity index (χ1) is 7.97. The molecule has 2 heterocycles. The molecule has 1 saturated heterocycles. The summed E-state index contributed by atoms with van der Waals surface area (Å²) < 4.78 is 27.1. The number of nitrogens with zero attached hydrogens (tertiary/aromatic N) is 1. The van der Waals surface area contributed by atoms with E-state index in [9.17, 15) is 8.42 Å². The average molecular weight is 274 g/mol. The minimum absolute atomic E-state index is 0.418. The quantitative estimate of drug-likeness (QED) is 0.900. The van der Waals surface area contributed by atoms with Crippen molar-refractivity contribution in [2.24, 2.45) is 5.92 Å². The molecule has 0 spiro atoms. The lowest BCUT2D eigenvalue weighted by molar-refractivity contribution is 0.394. The summed E-state index contributed by atoms with van der Waals surface area (Å²) in [5, 5.41) is 0. The Balaban J connectivity index is 1.94. The highest BCUT2D eigenvalue weighted by molar-refractivity contribution is 7.91. The van der Waals surface area contributed by atoms with Gasteiger partial charge in [-0.25, -0.2) is 13.1 Å². The maximum Gasteiger partial charge on any atom is 0.250 e. The molecule has 1 aliphatic heterocycles. The molecule has 1 unspecified atom stereocenters. The van der Waals surface area contributed by atoms with E-state index in [1.807, 2.05) is 13.0 Å². The Morgan fingerprint density at radius 2 is 2.29 bits per heavy atom. The summed E-state index contributed by atoms with van der Waals surface area (Å²) in [6.45, 7) is 4.50. The van der Waals surface area contributed by atoms with Crippen LogP contribution in [0.1, 0.15) is 11.3 Å². The number of thiophene rings is 1. The van der Waals surface area contributed by atoms with Crippen molar-refractivity contribution in [3.05, 3.63) is 17.0 Å². The molecular weight excluding hydrogens is 256 g/mol. The zero-order valence-electron chi connectivity index (χ0n) is 10.1. The molecule has 0 amide bonds. The van der Waals surface area contributed by atoms with Crippen LogP contribution in [0.5, 0.6) is 0 Å². The summed E-state index contributed by atoms with van der Waals surface area (Å²) in [6, 6.07) is 3.51. The Bertz CT molecular complexity index is 481. The highest BCUT2D eigenvalue weighted by Crippen LogP contribution is 2.21. The molecule has 0 aliphatic carbocycles. The third-order valence-corrected chi connectivity index (χ3v) is 5.95. The molecule has 0 radical (unpaired) electrons. The van der Waals surface area contributed by atoms with E-state index in [-0.39, 0.29) is 0 Å². The van der Waals surface area contributed by atoms with Crippen molar-refractivity contribution in [3.63, 3.8) is 0 Å². The number of sulfonamides is 1. The molecule has 0 aromatic carbocycles. The van der Waals surface area contributed by atoms with Crippen LogP contribution in [0.25, 0.3) is 0 Å². The molecule has 0 bridgehead atoms. The van der Waals surface area contributed by atoms with Crippen LogP contribution in [0.15, 0.2) is 16.3 Å². The van der Waals surface area contributed by atoms with Crippen LogP contribution in [-0.2, 0) is 10.0 Å². The molecule has 4 nitrogen and oxygen atoms in total. The van der Waals surface area contributed by atoms with Crippen LogP contribution >= 0.6 is 11.3 Å². The number of aryl methyl sites for hydroxylation is 1. The first kappa shape index (κ1) is 13.0. The Hall–Kier alpha value is -0.430. The van der Waals surface area contributed by atoms with Crippen molar-refractivity contribution in [1.29, 1.82) is 0 Å². The van der Waals surface area contributed by atoms with E-state index in [1.165, 1.54) is 11.3 Å². The number of hydrogen-bond acceptors (Lipinski definition) is 4. The maximum atomic E-state index is 12.0. The minimum Gasteiger partial charge on any atom is -0.306 e. The smallest absolute Gasteiger partial charge is 0.250 e. The number of likely N-dealkylation sites (tertiary alicyclic amines) is 1. The zero-order valence-corrected chi connectivity index (χ0v) is 11.8. The molecule has 1 aliphatic rings. The van der Waals surface area contributed by atoms with E-state index >= 15 is 0 Å². The molecule has 1 aromatic heterocycles. The molecular formula is C11H18N2O2S2. The van der Waals surface area contributed by atoms with E-state index < -0.39 is 10.0 Å². The highest BCUT2D eigenvalue weighted by Gasteiger charge is 2.22. The van der Waals surface area contributed by atoms with E-state index in [4.69, 9.17) is 0 Å². The van der Waals surface area contributed by atoms with Gasteiger partial charge in [0.25, 0.3) is 0 Å². The molecule has 17 heavy (non-hydrogen) atoms. The SMILES string of the molecule is Cc1ccc(S(=O)(=O)NCC2CCN(C)C2)s1. The van der Waals surface area contributed by atoms with Gasteiger partial charge in [0.15, 0.2) is 0 Å². The van der Waals surface area contributed by atoms with Gasteiger partial charge in [0, 0.05) is 18.0 Å². The molecule has 0 saturated carbocycles. The zero-order chi connectivity index (χ0) is 12.5. The predicted molar refractivity (Wildman–Crippen MR) is 69.8 cm³/mol. The summed E-state index contributed by atoms with van der Waals surface area (Å²) in [5.41, 5.74) is 0. The van der Waals surface area contributed by atoms with Crippen LogP contribution in [0.3, 0.4) is 0 Å². The predicted octanol–water partition coefficient (Wildman–Crippen LogP) is 1.29. The van der Waals surface area contributed by atoms with Crippen molar-refractivity contribution in [2.75, 3.05) is 26.7 Å². The lowest BCUT2D eigenvalue weighted by Gasteiger charge is -2.11. The van der Waals surface area contributed by atoms with E-state index in [0.717, 1.165) is 24.4 Å². The summed E-state index contributed by atoms with van der Waals surface area (Å²) >= 11 is 1.32.